The van der Waals surface area contributed by atoms with Gasteiger partial charge in [0.1, 0.15) is 0 Å². The Morgan fingerprint density at radius 2 is 2.10 bits per heavy atom. The van der Waals surface area contributed by atoms with Crippen molar-refractivity contribution < 1.29 is 9.94 Å². The molecule has 0 aromatic rings. The third-order valence-electron chi connectivity index (χ3n) is 1.86. The molecule has 0 aromatic heterocycles. The molecule has 1 aliphatic rings. The van der Waals surface area contributed by atoms with Crippen LogP contribution in [-0.2, 0) is 4.74 Å². The molecular formula is C7H15NO2. The maximum Gasteiger partial charge on any atom is 0.0469 e. The Kier molecular flexibility index (Phi) is 3.12. The van der Waals surface area contributed by atoms with Crippen LogP contribution in [0.3, 0.4) is 0 Å². The fourth-order valence-corrected chi connectivity index (χ4v) is 1.30. The molecule has 1 heterocycles. The summed E-state index contributed by atoms with van der Waals surface area (Å²) in [5, 5.41) is 10.2. The third-order valence-corrected chi connectivity index (χ3v) is 1.86. The van der Waals surface area contributed by atoms with Crippen molar-refractivity contribution in [2.45, 2.75) is 12.8 Å². The molecule has 0 atom stereocenters. The minimum Gasteiger partial charge on any atom is -0.381 e. The van der Waals surface area contributed by atoms with Crippen LogP contribution in [0.4, 0.5) is 0 Å². The van der Waals surface area contributed by atoms with E-state index in [9.17, 15) is 0 Å². The maximum atomic E-state index is 8.90. The van der Waals surface area contributed by atoms with E-state index in [4.69, 9.17) is 9.94 Å². The summed E-state index contributed by atoms with van der Waals surface area (Å²) in [6.45, 7) is 2.50. The smallest absolute Gasteiger partial charge is 0.0469 e. The number of nitrogens with zero attached hydrogens (tertiary/aromatic N) is 1. The van der Waals surface area contributed by atoms with Gasteiger partial charge in [0.25, 0.3) is 0 Å². The van der Waals surface area contributed by atoms with Crippen LogP contribution < -0.4 is 0 Å². The zero-order chi connectivity index (χ0) is 7.40. The Bertz CT molecular complexity index is 89.6. The Balaban J connectivity index is 2.13. The Labute approximate surface area is 61.5 Å². The van der Waals surface area contributed by atoms with E-state index in [1.54, 1.807) is 7.05 Å². The SMILES string of the molecule is CN(O)CC1CCOCC1. The van der Waals surface area contributed by atoms with Gasteiger partial charge < -0.3 is 9.94 Å². The first kappa shape index (κ1) is 7.98. The van der Waals surface area contributed by atoms with Crippen molar-refractivity contribution in [3.05, 3.63) is 0 Å². The molecule has 60 valence electrons. The largest absolute Gasteiger partial charge is 0.381 e. The normalized spacial score (nSPS) is 21.9. The first-order valence-electron chi connectivity index (χ1n) is 3.77. The van der Waals surface area contributed by atoms with Crippen LogP contribution in [0.15, 0.2) is 0 Å². The van der Waals surface area contributed by atoms with Gasteiger partial charge in [-0.05, 0) is 18.8 Å². The summed E-state index contributed by atoms with van der Waals surface area (Å²) >= 11 is 0. The second kappa shape index (κ2) is 3.91. The highest BCUT2D eigenvalue weighted by molar-refractivity contribution is 4.63. The van der Waals surface area contributed by atoms with E-state index in [1.807, 2.05) is 0 Å². The molecule has 10 heavy (non-hydrogen) atoms. The quantitative estimate of drug-likeness (QED) is 0.581. The summed E-state index contributed by atoms with van der Waals surface area (Å²) in [6.07, 6.45) is 2.18. The monoisotopic (exact) mass is 145 g/mol. The van der Waals surface area contributed by atoms with Crippen LogP contribution in [0.5, 0.6) is 0 Å². The van der Waals surface area contributed by atoms with Crippen LogP contribution in [0, 0.1) is 5.92 Å². The van der Waals surface area contributed by atoms with Gasteiger partial charge in [-0.3, -0.25) is 0 Å². The van der Waals surface area contributed by atoms with Gasteiger partial charge >= 0.3 is 0 Å². The fourth-order valence-electron chi connectivity index (χ4n) is 1.30. The van der Waals surface area contributed by atoms with Crippen LogP contribution >= 0.6 is 0 Å². The first-order chi connectivity index (χ1) is 4.79. The average Bonchev–Trinajstić information content (AvgIpc) is 1.88. The Morgan fingerprint density at radius 1 is 1.50 bits per heavy atom. The standard InChI is InChI=1S/C7H15NO2/c1-8(9)6-7-2-4-10-5-3-7/h7,9H,2-6H2,1H3. The van der Waals surface area contributed by atoms with E-state index in [2.05, 4.69) is 0 Å². The molecular weight excluding hydrogens is 130 g/mol. The molecule has 0 aromatic carbocycles. The third kappa shape index (κ3) is 2.64. The predicted octanol–water partition coefficient (Wildman–Crippen LogP) is 0.734. The van der Waals surface area contributed by atoms with E-state index in [-0.39, 0.29) is 0 Å². The molecule has 1 saturated heterocycles. The van der Waals surface area contributed by atoms with Crippen molar-refractivity contribution in [2.75, 3.05) is 26.8 Å². The highest BCUT2D eigenvalue weighted by Crippen LogP contribution is 2.14. The first-order valence-corrected chi connectivity index (χ1v) is 3.77. The van der Waals surface area contributed by atoms with E-state index in [0.29, 0.717) is 5.92 Å². The van der Waals surface area contributed by atoms with Crippen LogP contribution in [0.1, 0.15) is 12.8 Å². The number of rotatable bonds is 2. The maximum absolute atomic E-state index is 8.90. The molecule has 0 aliphatic carbocycles. The summed E-state index contributed by atoms with van der Waals surface area (Å²) in [6, 6.07) is 0. The molecule has 0 spiro atoms. The minimum absolute atomic E-state index is 0.628. The van der Waals surface area contributed by atoms with E-state index >= 15 is 0 Å². The lowest BCUT2D eigenvalue weighted by atomic mass is 10.0. The molecule has 0 unspecified atom stereocenters. The number of hydrogen-bond donors (Lipinski definition) is 1. The second-order valence-corrected chi connectivity index (χ2v) is 2.90. The van der Waals surface area contributed by atoms with Gasteiger partial charge in [-0.15, -0.1) is 0 Å². The molecule has 1 N–H and O–H groups in total. The van der Waals surface area contributed by atoms with Gasteiger partial charge in [-0.25, -0.2) is 0 Å². The number of hydroxylamine groups is 2. The second-order valence-electron chi connectivity index (χ2n) is 2.90. The zero-order valence-electron chi connectivity index (χ0n) is 6.42. The van der Waals surface area contributed by atoms with Crippen molar-refractivity contribution >= 4 is 0 Å². The topological polar surface area (TPSA) is 32.7 Å². The lowest BCUT2D eigenvalue weighted by Crippen LogP contribution is -2.27. The minimum atomic E-state index is 0.628. The van der Waals surface area contributed by atoms with Crippen molar-refractivity contribution in [3.63, 3.8) is 0 Å². The zero-order valence-corrected chi connectivity index (χ0v) is 6.42. The van der Waals surface area contributed by atoms with Crippen LogP contribution in [-0.4, -0.2) is 37.1 Å². The highest BCUT2D eigenvalue weighted by Gasteiger charge is 2.14. The van der Waals surface area contributed by atoms with Gasteiger partial charge in [0.05, 0.1) is 0 Å². The van der Waals surface area contributed by atoms with E-state index in [0.717, 1.165) is 32.6 Å². The molecule has 0 bridgehead atoms. The lowest BCUT2D eigenvalue weighted by Gasteiger charge is -2.23. The average molecular weight is 145 g/mol. The van der Waals surface area contributed by atoms with Crippen LogP contribution in [0.2, 0.25) is 0 Å². The molecule has 0 saturated carbocycles. The number of hydrogen-bond acceptors (Lipinski definition) is 3. The summed E-state index contributed by atoms with van der Waals surface area (Å²) in [4.78, 5) is 0. The summed E-state index contributed by atoms with van der Waals surface area (Å²) in [5.74, 6) is 0.628. The molecule has 3 heteroatoms. The van der Waals surface area contributed by atoms with Gasteiger partial charge in [-0.1, -0.05) is 0 Å². The highest BCUT2D eigenvalue weighted by atomic mass is 16.5. The molecule has 0 amide bonds. The molecule has 1 aliphatic heterocycles. The summed E-state index contributed by atoms with van der Waals surface area (Å²) < 4.78 is 5.18. The number of ether oxygens (including phenoxy) is 1. The molecule has 0 radical (unpaired) electrons. The summed E-state index contributed by atoms with van der Waals surface area (Å²) in [7, 11) is 1.69. The van der Waals surface area contributed by atoms with E-state index < -0.39 is 0 Å². The van der Waals surface area contributed by atoms with Gasteiger partial charge in [0.15, 0.2) is 0 Å². The van der Waals surface area contributed by atoms with Crippen LogP contribution in [0.25, 0.3) is 0 Å². The molecule has 1 rings (SSSR count). The summed E-state index contributed by atoms with van der Waals surface area (Å²) in [5.41, 5.74) is 0. The van der Waals surface area contributed by atoms with Gasteiger partial charge in [0, 0.05) is 26.8 Å². The fraction of sp³-hybridized carbons (Fsp3) is 1.00. The molecule has 3 nitrogen and oxygen atoms in total. The van der Waals surface area contributed by atoms with Crippen molar-refractivity contribution in [1.82, 2.24) is 5.06 Å². The van der Waals surface area contributed by atoms with Gasteiger partial charge in [0.2, 0.25) is 0 Å². The van der Waals surface area contributed by atoms with E-state index in [1.165, 1.54) is 5.06 Å². The van der Waals surface area contributed by atoms with Crippen molar-refractivity contribution in [1.29, 1.82) is 0 Å². The van der Waals surface area contributed by atoms with Crippen molar-refractivity contribution in [2.24, 2.45) is 5.92 Å². The van der Waals surface area contributed by atoms with Gasteiger partial charge in [-0.2, -0.15) is 5.06 Å². The lowest BCUT2D eigenvalue weighted by molar-refractivity contribution is -0.0862. The molecule has 1 fully saturated rings. The Morgan fingerprint density at radius 3 is 2.60 bits per heavy atom. The van der Waals surface area contributed by atoms with Crippen molar-refractivity contribution in [3.8, 4) is 0 Å². The predicted molar refractivity (Wildman–Crippen MR) is 38.0 cm³/mol. The Hall–Kier alpha value is -0.120.